The summed E-state index contributed by atoms with van der Waals surface area (Å²) in [6, 6.07) is 1.60. The van der Waals surface area contributed by atoms with E-state index < -0.39 is 28.6 Å². The van der Waals surface area contributed by atoms with Gasteiger partial charge in [0, 0.05) is 6.92 Å². The van der Waals surface area contributed by atoms with E-state index in [0.29, 0.717) is 17.5 Å². The highest BCUT2D eigenvalue weighted by Gasteiger charge is 2.36. The van der Waals surface area contributed by atoms with Crippen LogP contribution in [0.2, 0.25) is 5.15 Å². The lowest BCUT2D eigenvalue weighted by Gasteiger charge is -2.08. The molecule has 0 aliphatic carbocycles. The summed E-state index contributed by atoms with van der Waals surface area (Å²) in [7, 11) is 0. The molecule has 0 saturated carbocycles. The molecule has 0 N–H and O–H groups in total. The van der Waals surface area contributed by atoms with Gasteiger partial charge in [-0.15, -0.1) is 5.10 Å². The molecule has 0 fully saturated rings. The molecule has 0 amide bonds. The van der Waals surface area contributed by atoms with E-state index >= 15 is 0 Å². The van der Waals surface area contributed by atoms with E-state index in [9.17, 15) is 22.0 Å². The van der Waals surface area contributed by atoms with Gasteiger partial charge < -0.3 is 0 Å². The highest BCUT2D eigenvalue weighted by atomic mass is 35.5. The van der Waals surface area contributed by atoms with Crippen LogP contribution in [-0.4, -0.2) is 14.6 Å². The van der Waals surface area contributed by atoms with Crippen LogP contribution in [0, 0.1) is 0 Å². The van der Waals surface area contributed by atoms with Gasteiger partial charge in [-0.05, 0) is 12.1 Å². The van der Waals surface area contributed by atoms with Crippen LogP contribution < -0.4 is 0 Å². The van der Waals surface area contributed by atoms with Gasteiger partial charge in [-0.3, -0.25) is 0 Å². The second-order valence-electron chi connectivity index (χ2n) is 3.63. The molecule has 0 aromatic carbocycles. The Labute approximate surface area is 102 Å². The second kappa shape index (κ2) is 3.78. The van der Waals surface area contributed by atoms with Crippen LogP contribution in [0.3, 0.4) is 0 Å². The molecular formula is C9H5ClF5N3. The fourth-order valence-electron chi connectivity index (χ4n) is 1.31. The minimum atomic E-state index is -4.69. The summed E-state index contributed by atoms with van der Waals surface area (Å²) in [6.07, 6.45) is -4.69. The molecule has 2 rings (SSSR count). The number of rotatable bonds is 1. The Hall–Kier alpha value is -1.44. The molecular weight excluding hydrogens is 281 g/mol. The molecule has 2 heterocycles. The number of nitrogens with zero attached hydrogens (tertiary/aromatic N) is 3. The molecule has 0 aliphatic heterocycles. The van der Waals surface area contributed by atoms with Crippen LogP contribution in [0.1, 0.15) is 18.3 Å². The Kier molecular flexibility index (Phi) is 2.73. The molecule has 0 aliphatic rings. The number of hydrogen-bond donors (Lipinski definition) is 0. The first-order valence-corrected chi connectivity index (χ1v) is 4.99. The zero-order chi connectivity index (χ0) is 13.7. The van der Waals surface area contributed by atoms with Gasteiger partial charge in [-0.2, -0.15) is 22.0 Å². The van der Waals surface area contributed by atoms with E-state index in [2.05, 4.69) is 10.1 Å². The molecule has 0 unspecified atom stereocenters. The maximum Gasteiger partial charge on any atom is 0.419 e. The number of pyridine rings is 1. The third-order valence-electron chi connectivity index (χ3n) is 2.14. The van der Waals surface area contributed by atoms with Crippen molar-refractivity contribution in [3.63, 3.8) is 0 Å². The highest BCUT2D eigenvalue weighted by molar-refractivity contribution is 6.30. The van der Waals surface area contributed by atoms with E-state index in [4.69, 9.17) is 11.6 Å². The van der Waals surface area contributed by atoms with E-state index in [1.54, 1.807) is 0 Å². The Balaban J connectivity index is 2.69. The lowest BCUT2D eigenvalue weighted by Crippen LogP contribution is -2.10. The topological polar surface area (TPSA) is 30.2 Å². The standard InChI is InChI=1S/C9H5ClF5N3/c1-8(11,12)7-16-5-3-2-4(9(13,14)15)6(10)18(5)17-7/h2-3H,1H3. The summed E-state index contributed by atoms with van der Waals surface area (Å²) < 4.78 is 64.0. The molecule has 0 radical (unpaired) electrons. The van der Waals surface area contributed by atoms with Crippen LogP contribution >= 0.6 is 11.6 Å². The first kappa shape index (κ1) is 13.0. The minimum Gasteiger partial charge on any atom is -0.206 e. The highest BCUT2D eigenvalue weighted by Crippen LogP contribution is 2.35. The Morgan fingerprint density at radius 2 is 1.78 bits per heavy atom. The zero-order valence-electron chi connectivity index (χ0n) is 8.76. The molecule has 0 saturated heterocycles. The van der Waals surface area contributed by atoms with Crippen molar-refractivity contribution in [2.24, 2.45) is 0 Å². The minimum absolute atomic E-state index is 0.176. The van der Waals surface area contributed by atoms with Crippen molar-refractivity contribution in [1.29, 1.82) is 0 Å². The van der Waals surface area contributed by atoms with Crippen molar-refractivity contribution >= 4 is 17.2 Å². The normalized spacial score (nSPS) is 13.3. The SMILES string of the molecule is CC(F)(F)c1nc2ccc(C(F)(F)F)c(Cl)n2n1. The Morgan fingerprint density at radius 1 is 1.17 bits per heavy atom. The smallest absolute Gasteiger partial charge is 0.206 e. The van der Waals surface area contributed by atoms with Crippen molar-refractivity contribution in [1.82, 2.24) is 14.6 Å². The fourth-order valence-corrected chi connectivity index (χ4v) is 1.61. The van der Waals surface area contributed by atoms with Crippen LogP contribution in [0.4, 0.5) is 22.0 Å². The van der Waals surface area contributed by atoms with Crippen molar-refractivity contribution < 1.29 is 22.0 Å². The predicted molar refractivity (Wildman–Crippen MR) is 52.6 cm³/mol. The summed E-state index contributed by atoms with van der Waals surface area (Å²) in [6.45, 7) is 0.542. The van der Waals surface area contributed by atoms with Gasteiger partial charge in [-0.1, -0.05) is 11.6 Å². The number of alkyl halides is 5. The van der Waals surface area contributed by atoms with Crippen LogP contribution in [0.15, 0.2) is 12.1 Å². The lowest BCUT2D eigenvalue weighted by molar-refractivity contribution is -0.137. The summed E-state index contributed by atoms with van der Waals surface area (Å²) >= 11 is 5.49. The molecule has 2 aromatic heterocycles. The lowest BCUT2D eigenvalue weighted by atomic mass is 10.3. The van der Waals surface area contributed by atoms with Crippen LogP contribution in [0.5, 0.6) is 0 Å². The number of hydrogen-bond acceptors (Lipinski definition) is 2. The molecule has 3 nitrogen and oxygen atoms in total. The number of aromatic nitrogens is 3. The summed E-state index contributed by atoms with van der Waals surface area (Å²) in [5, 5.41) is 2.48. The Morgan fingerprint density at radius 3 is 2.28 bits per heavy atom. The van der Waals surface area contributed by atoms with Gasteiger partial charge in [0.15, 0.2) is 5.65 Å². The molecule has 0 atom stereocenters. The zero-order valence-corrected chi connectivity index (χ0v) is 9.52. The van der Waals surface area contributed by atoms with Crippen molar-refractivity contribution in [2.75, 3.05) is 0 Å². The summed E-state index contributed by atoms with van der Waals surface area (Å²) in [5.74, 6) is -4.24. The molecule has 0 spiro atoms. The predicted octanol–water partition coefficient (Wildman–Crippen LogP) is 3.51. The molecule has 9 heteroatoms. The van der Waals surface area contributed by atoms with Gasteiger partial charge in [0.2, 0.25) is 5.82 Å². The van der Waals surface area contributed by atoms with Crippen molar-refractivity contribution in [2.45, 2.75) is 19.0 Å². The van der Waals surface area contributed by atoms with E-state index in [1.807, 2.05) is 0 Å². The first-order valence-electron chi connectivity index (χ1n) is 4.61. The van der Waals surface area contributed by atoms with Crippen molar-refractivity contribution in [3.05, 3.63) is 28.7 Å². The summed E-state index contributed by atoms with van der Waals surface area (Å²) in [5.41, 5.74) is -1.34. The van der Waals surface area contributed by atoms with E-state index in [0.717, 1.165) is 6.07 Å². The van der Waals surface area contributed by atoms with Crippen LogP contribution in [0.25, 0.3) is 5.65 Å². The molecule has 2 aromatic rings. The average Bonchev–Trinajstić information content (AvgIpc) is 2.59. The van der Waals surface area contributed by atoms with Crippen LogP contribution in [-0.2, 0) is 12.1 Å². The molecule has 18 heavy (non-hydrogen) atoms. The van der Waals surface area contributed by atoms with E-state index in [-0.39, 0.29) is 5.65 Å². The third-order valence-corrected chi connectivity index (χ3v) is 2.50. The second-order valence-corrected chi connectivity index (χ2v) is 3.99. The summed E-state index contributed by atoms with van der Waals surface area (Å²) in [4.78, 5) is 3.42. The fraction of sp³-hybridized carbons (Fsp3) is 0.333. The van der Waals surface area contributed by atoms with Crippen molar-refractivity contribution in [3.8, 4) is 0 Å². The Bertz CT molecular complexity index is 598. The number of fused-ring (bicyclic) bond motifs is 1. The molecule has 0 bridgehead atoms. The quantitative estimate of drug-likeness (QED) is 0.593. The van der Waals surface area contributed by atoms with E-state index in [1.165, 1.54) is 0 Å². The van der Waals surface area contributed by atoms with Gasteiger partial charge >= 0.3 is 12.1 Å². The third kappa shape index (κ3) is 2.12. The largest absolute Gasteiger partial charge is 0.419 e. The maximum atomic E-state index is 13.0. The van der Waals surface area contributed by atoms with Gasteiger partial charge in [0.25, 0.3) is 0 Å². The average molecular weight is 286 g/mol. The monoisotopic (exact) mass is 285 g/mol. The van der Waals surface area contributed by atoms with Gasteiger partial charge in [-0.25, -0.2) is 9.50 Å². The van der Waals surface area contributed by atoms with Gasteiger partial charge in [0.05, 0.1) is 5.56 Å². The first-order chi connectivity index (χ1) is 8.10. The molecule has 98 valence electrons. The number of halogens is 6. The van der Waals surface area contributed by atoms with Gasteiger partial charge in [0.1, 0.15) is 5.15 Å². The maximum absolute atomic E-state index is 13.0.